The summed E-state index contributed by atoms with van der Waals surface area (Å²) in [5, 5.41) is 0. The van der Waals surface area contributed by atoms with E-state index in [1.165, 1.54) is 0 Å². The van der Waals surface area contributed by atoms with Crippen LogP contribution < -0.4 is 0 Å². The fourth-order valence-corrected chi connectivity index (χ4v) is 3.11. The molecule has 19 heavy (non-hydrogen) atoms. The first-order valence-corrected chi connectivity index (χ1v) is 7.46. The van der Waals surface area contributed by atoms with Crippen molar-refractivity contribution in [1.29, 1.82) is 0 Å². The molecule has 2 saturated carbocycles. The van der Waals surface area contributed by atoms with Crippen LogP contribution in [0.2, 0.25) is 0 Å². The van der Waals surface area contributed by atoms with E-state index in [4.69, 9.17) is 4.74 Å². The van der Waals surface area contributed by atoms with Gasteiger partial charge in [0.2, 0.25) is 0 Å². The second-order valence-electron chi connectivity index (χ2n) is 6.38. The molecule has 110 valence electrons. The molecule has 2 rings (SSSR count). The number of rotatable bonds is 2. The van der Waals surface area contributed by atoms with Crippen molar-refractivity contribution in [2.24, 2.45) is 17.8 Å². The lowest BCUT2D eigenvalue weighted by atomic mass is 9.82. The van der Waals surface area contributed by atoms with Crippen LogP contribution in [-0.2, 0) is 9.53 Å². The van der Waals surface area contributed by atoms with Crippen LogP contribution in [0.1, 0.15) is 52.4 Å². The zero-order valence-electron chi connectivity index (χ0n) is 11.8. The largest absolute Gasteiger partial charge is 0.462 e. The number of carbonyl (C=O) groups excluding carboxylic acids is 1. The van der Waals surface area contributed by atoms with Crippen LogP contribution in [-0.4, -0.2) is 24.4 Å². The normalized spacial score (nSPS) is 43.8. The predicted molar refractivity (Wildman–Crippen MR) is 69.2 cm³/mol. The highest BCUT2D eigenvalue weighted by Gasteiger charge is 2.38. The molecule has 0 saturated heterocycles. The third kappa shape index (κ3) is 3.67. The van der Waals surface area contributed by atoms with Gasteiger partial charge in [-0.15, -0.1) is 0 Å². The summed E-state index contributed by atoms with van der Waals surface area (Å²) < 4.78 is 32.5. The van der Waals surface area contributed by atoms with Crippen molar-refractivity contribution in [1.82, 2.24) is 0 Å². The second kappa shape index (κ2) is 6.19. The summed E-state index contributed by atoms with van der Waals surface area (Å²) >= 11 is 0. The SMILES string of the molecule is CC1CCC(C(=O)OC2CC(F)C(C)C(F)C2)CC1. The first-order chi connectivity index (χ1) is 8.97. The molecule has 2 nitrogen and oxygen atoms in total. The van der Waals surface area contributed by atoms with Gasteiger partial charge in [-0.2, -0.15) is 0 Å². The van der Waals surface area contributed by atoms with Crippen molar-refractivity contribution < 1.29 is 18.3 Å². The Morgan fingerprint density at radius 1 is 1.00 bits per heavy atom. The maximum absolute atomic E-state index is 13.6. The number of hydrogen-bond acceptors (Lipinski definition) is 2. The minimum absolute atomic E-state index is 0.0633. The smallest absolute Gasteiger partial charge is 0.309 e. The summed E-state index contributed by atoms with van der Waals surface area (Å²) in [6.45, 7) is 3.77. The van der Waals surface area contributed by atoms with Gasteiger partial charge in [0, 0.05) is 18.8 Å². The Bertz CT molecular complexity index is 301. The molecule has 2 atom stereocenters. The summed E-state index contributed by atoms with van der Waals surface area (Å²) in [7, 11) is 0. The lowest BCUT2D eigenvalue weighted by Crippen LogP contribution is -2.39. The molecule has 0 aromatic heterocycles. The molecule has 4 heteroatoms. The monoisotopic (exact) mass is 274 g/mol. The number of halogens is 2. The highest BCUT2D eigenvalue weighted by Crippen LogP contribution is 2.33. The number of ether oxygens (including phenoxy) is 1. The summed E-state index contributed by atoms with van der Waals surface area (Å²) in [6.07, 6.45) is 1.10. The lowest BCUT2D eigenvalue weighted by molar-refractivity contribution is -0.160. The van der Waals surface area contributed by atoms with Gasteiger partial charge in [0.05, 0.1) is 5.92 Å². The zero-order chi connectivity index (χ0) is 14.0. The fraction of sp³-hybridized carbons (Fsp3) is 0.933. The van der Waals surface area contributed by atoms with Crippen molar-refractivity contribution in [2.75, 3.05) is 0 Å². The molecule has 2 fully saturated rings. The van der Waals surface area contributed by atoms with E-state index in [0.717, 1.165) is 25.7 Å². The summed E-state index contributed by atoms with van der Waals surface area (Å²) in [4.78, 5) is 12.0. The van der Waals surface area contributed by atoms with Gasteiger partial charge in [-0.05, 0) is 31.6 Å². The number of carbonyl (C=O) groups is 1. The van der Waals surface area contributed by atoms with Crippen LogP contribution in [0.5, 0.6) is 0 Å². The van der Waals surface area contributed by atoms with E-state index >= 15 is 0 Å². The summed E-state index contributed by atoms with van der Waals surface area (Å²) in [5.41, 5.74) is 0. The minimum atomic E-state index is -1.20. The standard InChI is InChI=1S/C15H24F2O2/c1-9-3-5-11(6-4-9)15(18)19-12-7-13(16)10(2)14(17)8-12/h9-14H,3-8H2,1-2H3. The maximum atomic E-state index is 13.6. The zero-order valence-corrected chi connectivity index (χ0v) is 11.8. The Labute approximate surface area is 113 Å². The number of alkyl halides is 2. The molecule has 0 heterocycles. The molecule has 2 aliphatic carbocycles. The van der Waals surface area contributed by atoms with Crippen molar-refractivity contribution in [2.45, 2.75) is 70.8 Å². The molecule has 0 radical (unpaired) electrons. The molecule has 0 aromatic rings. The highest BCUT2D eigenvalue weighted by atomic mass is 19.1. The van der Waals surface area contributed by atoms with Crippen LogP contribution in [0, 0.1) is 17.8 Å². The van der Waals surface area contributed by atoms with Crippen molar-refractivity contribution >= 4 is 5.97 Å². The molecule has 0 amide bonds. The third-order valence-corrected chi connectivity index (χ3v) is 4.75. The Hall–Kier alpha value is -0.670. The van der Waals surface area contributed by atoms with E-state index < -0.39 is 24.4 Å². The molecule has 0 N–H and O–H groups in total. The van der Waals surface area contributed by atoms with Gasteiger partial charge < -0.3 is 4.74 Å². The van der Waals surface area contributed by atoms with Gasteiger partial charge in [0.15, 0.2) is 0 Å². The molecule has 0 spiro atoms. The van der Waals surface area contributed by atoms with E-state index in [9.17, 15) is 13.6 Å². The maximum Gasteiger partial charge on any atom is 0.309 e. The first-order valence-electron chi connectivity index (χ1n) is 7.46. The molecular weight excluding hydrogens is 250 g/mol. The predicted octanol–water partition coefficient (Wildman–Crippen LogP) is 3.83. The van der Waals surface area contributed by atoms with Crippen LogP contribution >= 0.6 is 0 Å². The fourth-order valence-electron chi connectivity index (χ4n) is 3.11. The quantitative estimate of drug-likeness (QED) is 0.715. The van der Waals surface area contributed by atoms with Crippen LogP contribution in [0.4, 0.5) is 8.78 Å². The number of esters is 1. The third-order valence-electron chi connectivity index (χ3n) is 4.75. The highest BCUT2D eigenvalue weighted by molar-refractivity contribution is 5.72. The molecule has 2 unspecified atom stereocenters. The molecular formula is C15H24F2O2. The van der Waals surface area contributed by atoms with E-state index in [0.29, 0.717) is 5.92 Å². The lowest BCUT2D eigenvalue weighted by Gasteiger charge is -2.33. The van der Waals surface area contributed by atoms with Crippen molar-refractivity contribution in [3.8, 4) is 0 Å². The van der Waals surface area contributed by atoms with Crippen LogP contribution in [0.15, 0.2) is 0 Å². The molecule has 0 aromatic carbocycles. The van der Waals surface area contributed by atoms with Gasteiger partial charge >= 0.3 is 5.97 Å². The Morgan fingerprint density at radius 3 is 2.05 bits per heavy atom. The van der Waals surface area contributed by atoms with Gasteiger partial charge in [-0.25, -0.2) is 8.78 Å². The Kier molecular flexibility index (Phi) is 4.80. The second-order valence-corrected chi connectivity index (χ2v) is 6.38. The van der Waals surface area contributed by atoms with Crippen molar-refractivity contribution in [3.05, 3.63) is 0 Å². The molecule has 0 aliphatic heterocycles. The van der Waals surface area contributed by atoms with E-state index in [1.807, 2.05) is 0 Å². The Morgan fingerprint density at radius 2 is 1.53 bits per heavy atom. The van der Waals surface area contributed by atoms with E-state index in [2.05, 4.69) is 6.92 Å². The summed E-state index contributed by atoms with van der Waals surface area (Å²) in [5.74, 6) is -0.215. The van der Waals surface area contributed by atoms with Gasteiger partial charge in [0.25, 0.3) is 0 Å². The van der Waals surface area contributed by atoms with Gasteiger partial charge in [-0.1, -0.05) is 13.8 Å². The van der Waals surface area contributed by atoms with Crippen LogP contribution in [0.25, 0.3) is 0 Å². The Balaban J connectivity index is 1.82. The average molecular weight is 274 g/mol. The molecule has 2 aliphatic rings. The van der Waals surface area contributed by atoms with Crippen LogP contribution in [0.3, 0.4) is 0 Å². The number of hydrogen-bond donors (Lipinski definition) is 0. The average Bonchev–Trinajstić information content (AvgIpc) is 2.36. The topological polar surface area (TPSA) is 26.3 Å². The van der Waals surface area contributed by atoms with Gasteiger partial charge in [0.1, 0.15) is 18.4 Å². The van der Waals surface area contributed by atoms with Gasteiger partial charge in [-0.3, -0.25) is 4.79 Å². The molecule has 0 bridgehead atoms. The van der Waals surface area contributed by atoms with E-state index in [-0.39, 0.29) is 24.7 Å². The minimum Gasteiger partial charge on any atom is -0.462 e. The van der Waals surface area contributed by atoms with Crippen molar-refractivity contribution in [3.63, 3.8) is 0 Å². The summed E-state index contributed by atoms with van der Waals surface area (Å²) in [6, 6.07) is 0. The first kappa shape index (κ1) is 14.7. The van der Waals surface area contributed by atoms with E-state index in [1.54, 1.807) is 6.92 Å².